The van der Waals surface area contributed by atoms with E-state index in [4.69, 9.17) is 5.11 Å². The second-order valence-corrected chi connectivity index (χ2v) is 6.31. The number of hydrogen-bond acceptors (Lipinski definition) is 4. The van der Waals surface area contributed by atoms with Crippen LogP contribution < -0.4 is 5.32 Å². The van der Waals surface area contributed by atoms with Crippen molar-refractivity contribution in [2.75, 3.05) is 18.6 Å². The van der Waals surface area contributed by atoms with Crippen molar-refractivity contribution < 1.29 is 9.90 Å². The second kappa shape index (κ2) is 9.42. The van der Waals surface area contributed by atoms with Crippen LogP contribution in [0.5, 0.6) is 0 Å². The number of carbonyl (C=O) groups is 1. The summed E-state index contributed by atoms with van der Waals surface area (Å²) in [5.41, 5.74) is 0. The number of hydrogen-bond donors (Lipinski definition) is 2. The minimum atomic E-state index is -0.833. The third-order valence-corrected chi connectivity index (χ3v) is 4.39. The van der Waals surface area contributed by atoms with Gasteiger partial charge in [0.2, 0.25) is 0 Å². The van der Waals surface area contributed by atoms with Crippen LogP contribution in [0.15, 0.2) is 12.1 Å². The molecule has 1 aromatic rings. The summed E-state index contributed by atoms with van der Waals surface area (Å²) < 4.78 is 0. The van der Waals surface area contributed by atoms with Crippen LogP contribution in [0.4, 0.5) is 0 Å². The molecule has 1 rings (SSSR count). The number of nitrogens with one attached hydrogen (secondary N) is 1. The first kappa shape index (κ1) is 15.5. The van der Waals surface area contributed by atoms with Gasteiger partial charge in [-0.1, -0.05) is 12.8 Å². The SMILES string of the molecule is CSCCCCCCNCc1ccc(C(=O)O)s1. The lowest BCUT2D eigenvalue weighted by molar-refractivity contribution is 0.0702. The van der Waals surface area contributed by atoms with Gasteiger partial charge in [-0.05, 0) is 43.5 Å². The fourth-order valence-corrected chi connectivity index (χ4v) is 2.96. The Kier molecular flexibility index (Phi) is 8.13. The Morgan fingerprint density at radius 2 is 2.11 bits per heavy atom. The van der Waals surface area contributed by atoms with Crippen molar-refractivity contribution in [1.29, 1.82) is 0 Å². The molecule has 0 fully saturated rings. The van der Waals surface area contributed by atoms with Gasteiger partial charge in [0.15, 0.2) is 0 Å². The fraction of sp³-hybridized carbons (Fsp3) is 0.615. The Bertz CT molecular complexity index is 353. The van der Waals surface area contributed by atoms with Crippen molar-refractivity contribution in [2.24, 2.45) is 0 Å². The lowest BCUT2D eigenvalue weighted by Gasteiger charge is -2.03. The van der Waals surface area contributed by atoms with Crippen LogP contribution in [0.1, 0.15) is 40.2 Å². The minimum absolute atomic E-state index is 0.420. The number of unbranched alkanes of at least 4 members (excludes halogenated alkanes) is 3. The van der Waals surface area contributed by atoms with Gasteiger partial charge in [-0.2, -0.15) is 11.8 Å². The molecule has 0 amide bonds. The zero-order chi connectivity index (χ0) is 13.2. The first-order valence-electron chi connectivity index (χ1n) is 6.25. The lowest BCUT2D eigenvalue weighted by atomic mass is 10.2. The number of rotatable bonds is 10. The molecule has 3 nitrogen and oxygen atoms in total. The molecule has 0 saturated heterocycles. The summed E-state index contributed by atoms with van der Waals surface area (Å²) >= 11 is 3.26. The standard InChI is InChI=1S/C13H21NO2S2/c1-17-9-5-3-2-4-8-14-10-11-6-7-12(18-11)13(15)16/h6-7,14H,2-5,8-10H2,1H3,(H,15,16). The first-order valence-corrected chi connectivity index (χ1v) is 8.46. The maximum absolute atomic E-state index is 10.7. The van der Waals surface area contributed by atoms with Crippen LogP contribution in [0.25, 0.3) is 0 Å². The van der Waals surface area contributed by atoms with Gasteiger partial charge >= 0.3 is 5.97 Å². The van der Waals surface area contributed by atoms with E-state index in [1.54, 1.807) is 6.07 Å². The van der Waals surface area contributed by atoms with E-state index in [-0.39, 0.29) is 0 Å². The molecule has 1 heterocycles. The molecular weight excluding hydrogens is 266 g/mol. The number of aromatic carboxylic acids is 1. The largest absolute Gasteiger partial charge is 0.477 e. The van der Waals surface area contributed by atoms with Gasteiger partial charge in [-0.15, -0.1) is 11.3 Å². The van der Waals surface area contributed by atoms with E-state index < -0.39 is 5.97 Å². The Balaban J connectivity index is 2.02. The highest BCUT2D eigenvalue weighted by Gasteiger charge is 2.05. The molecule has 0 unspecified atom stereocenters. The summed E-state index contributed by atoms with van der Waals surface area (Å²) in [4.78, 5) is 12.2. The van der Waals surface area contributed by atoms with E-state index in [0.717, 1.165) is 18.0 Å². The summed E-state index contributed by atoms with van der Waals surface area (Å²) in [6.07, 6.45) is 7.25. The van der Waals surface area contributed by atoms with E-state index in [1.807, 2.05) is 17.8 Å². The topological polar surface area (TPSA) is 49.3 Å². The van der Waals surface area contributed by atoms with Crippen LogP contribution in [0, 0.1) is 0 Å². The van der Waals surface area contributed by atoms with Crippen molar-refractivity contribution in [3.63, 3.8) is 0 Å². The Hall–Kier alpha value is -0.520. The predicted molar refractivity (Wildman–Crippen MR) is 79.8 cm³/mol. The smallest absolute Gasteiger partial charge is 0.345 e. The van der Waals surface area contributed by atoms with Crippen molar-refractivity contribution in [1.82, 2.24) is 5.32 Å². The normalized spacial score (nSPS) is 10.7. The number of carboxylic acid groups (broad SMARTS) is 1. The fourth-order valence-electron chi connectivity index (χ4n) is 1.65. The molecule has 0 aromatic carbocycles. The highest BCUT2D eigenvalue weighted by Crippen LogP contribution is 2.16. The third-order valence-electron chi connectivity index (χ3n) is 2.62. The summed E-state index contributed by atoms with van der Waals surface area (Å²) in [5, 5.41) is 12.2. The van der Waals surface area contributed by atoms with Crippen molar-refractivity contribution in [3.8, 4) is 0 Å². The molecule has 0 aliphatic rings. The molecule has 18 heavy (non-hydrogen) atoms. The van der Waals surface area contributed by atoms with Crippen LogP contribution in [0.2, 0.25) is 0 Å². The Morgan fingerprint density at radius 1 is 1.33 bits per heavy atom. The van der Waals surface area contributed by atoms with Crippen LogP contribution in [-0.2, 0) is 6.54 Å². The number of carboxylic acids is 1. The molecule has 0 bridgehead atoms. The molecule has 0 radical (unpaired) electrons. The summed E-state index contributed by atoms with van der Waals surface area (Å²) in [6.45, 7) is 1.79. The monoisotopic (exact) mass is 287 g/mol. The summed E-state index contributed by atoms with van der Waals surface area (Å²) in [7, 11) is 0. The molecule has 0 aliphatic carbocycles. The Labute approximate surface area is 117 Å². The van der Waals surface area contributed by atoms with E-state index in [1.165, 1.54) is 42.8 Å². The summed E-state index contributed by atoms with van der Waals surface area (Å²) in [6, 6.07) is 3.56. The molecule has 2 N–H and O–H groups in total. The molecule has 1 aromatic heterocycles. The predicted octanol–water partition coefficient (Wildman–Crippen LogP) is 3.46. The maximum atomic E-state index is 10.7. The second-order valence-electron chi connectivity index (χ2n) is 4.15. The third kappa shape index (κ3) is 6.42. The average molecular weight is 287 g/mol. The molecule has 0 spiro atoms. The van der Waals surface area contributed by atoms with Gasteiger partial charge in [-0.25, -0.2) is 4.79 Å². The van der Waals surface area contributed by atoms with E-state index in [2.05, 4.69) is 11.6 Å². The highest BCUT2D eigenvalue weighted by molar-refractivity contribution is 7.98. The quantitative estimate of drug-likeness (QED) is 0.647. The van der Waals surface area contributed by atoms with E-state index in [9.17, 15) is 4.79 Å². The van der Waals surface area contributed by atoms with Gasteiger partial charge in [0.1, 0.15) is 4.88 Å². The molecule has 0 saturated carbocycles. The number of thiophene rings is 1. The van der Waals surface area contributed by atoms with E-state index >= 15 is 0 Å². The van der Waals surface area contributed by atoms with Gasteiger partial charge in [-0.3, -0.25) is 0 Å². The molecule has 102 valence electrons. The Morgan fingerprint density at radius 3 is 2.78 bits per heavy atom. The van der Waals surface area contributed by atoms with Gasteiger partial charge < -0.3 is 10.4 Å². The minimum Gasteiger partial charge on any atom is -0.477 e. The van der Waals surface area contributed by atoms with Crippen molar-refractivity contribution >= 4 is 29.1 Å². The van der Waals surface area contributed by atoms with Gasteiger partial charge in [0, 0.05) is 11.4 Å². The maximum Gasteiger partial charge on any atom is 0.345 e. The van der Waals surface area contributed by atoms with Crippen molar-refractivity contribution in [2.45, 2.75) is 32.2 Å². The van der Waals surface area contributed by atoms with Gasteiger partial charge in [0.05, 0.1) is 0 Å². The zero-order valence-electron chi connectivity index (χ0n) is 10.8. The van der Waals surface area contributed by atoms with Crippen molar-refractivity contribution in [3.05, 3.63) is 21.9 Å². The van der Waals surface area contributed by atoms with Gasteiger partial charge in [0.25, 0.3) is 0 Å². The molecule has 5 heteroatoms. The molecular formula is C13H21NO2S2. The van der Waals surface area contributed by atoms with Crippen LogP contribution in [0.3, 0.4) is 0 Å². The molecule has 0 atom stereocenters. The van der Waals surface area contributed by atoms with Crippen LogP contribution in [-0.4, -0.2) is 29.6 Å². The lowest BCUT2D eigenvalue weighted by Crippen LogP contribution is -2.13. The molecule has 0 aliphatic heterocycles. The first-order chi connectivity index (χ1) is 8.74. The zero-order valence-corrected chi connectivity index (χ0v) is 12.4. The average Bonchev–Trinajstić information content (AvgIpc) is 2.81. The number of thioether (sulfide) groups is 1. The summed E-state index contributed by atoms with van der Waals surface area (Å²) in [5.74, 6) is 0.431. The van der Waals surface area contributed by atoms with E-state index in [0.29, 0.717) is 4.88 Å². The highest BCUT2D eigenvalue weighted by atomic mass is 32.2. The van der Waals surface area contributed by atoms with Crippen LogP contribution >= 0.6 is 23.1 Å².